The third-order valence-electron chi connectivity index (χ3n) is 2.33. The number of aryl methyl sites for hydroxylation is 1. The Morgan fingerprint density at radius 2 is 1.94 bits per heavy atom. The molecule has 0 aliphatic carbocycles. The molecule has 0 saturated heterocycles. The highest BCUT2D eigenvalue weighted by molar-refractivity contribution is 7.98. The molecule has 2 rings (SSSR count). The van der Waals surface area contributed by atoms with Crippen molar-refractivity contribution in [2.75, 3.05) is 0 Å². The van der Waals surface area contributed by atoms with E-state index in [4.69, 9.17) is 0 Å². The molecule has 0 radical (unpaired) electrons. The van der Waals surface area contributed by atoms with Gasteiger partial charge in [0, 0.05) is 5.75 Å². The van der Waals surface area contributed by atoms with E-state index in [9.17, 15) is 4.39 Å². The van der Waals surface area contributed by atoms with Gasteiger partial charge in [0.25, 0.3) is 0 Å². The van der Waals surface area contributed by atoms with Crippen LogP contribution in [0.3, 0.4) is 0 Å². The first-order chi connectivity index (χ1) is 7.75. The van der Waals surface area contributed by atoms with E-state index in [2.05, 4.69) is 24.0 Å². The van der Waals surface area contributed by atoms with Crippen LogP contribution in [0.15, 0.2) is 47.5 Å². The Bertz CT molecular complexity index is 485. The van der Waals surface area contributed by atoms with Gasteiger partial charge in [-0.2, -0.15) is 4.39 Å². The van der Waals surface area contributed by atoms with Crippen molar-refractivity contribution in [1.29, 1.82) is 0 Å². The summed E-state index contributed by atoms with van der Waals surface area (Å²) >= 11 is 1.55. The second-order valence-corrected chi connectivity index (χ2v) is 4.51. The van der Waals surface area contributed by atoms with Crippen LogP contribution < -0.4 is 0 Å². The minimum absolute atomic E-state index is 0.421. The zero-order valence-electron chi connectivity index (χ0n) is 8.98. The van der Waals surface area contributed by atoms with Gasteiger partial charge in [0.15, 0.2) is 0 Å². The molecule has 0 atom stereocenters. The van der Waals surface area contributed by atoms with E-state index in [1.54, 1.807) is 17.8 Å². The summed E-state index contributed by atoms with van der Waals surface area (Å²) < 4.78 is 12.8. The summed E-state index contributed by atoms with van der Waals surface area (Å²) in [4.78, 5) is 3.81. The van der Waals surface area contributed by atoms with Crippen LogP contribution >= 0.6 is 11.8 Å². The lowest BCUT2D eigenvalue weighted by Gasteiger charge is -2.04. The molecular formula is C13H12FNS. The maximum atomic E-state index is 12.8. The highest BCUT2D eigenvalue weighted by Crippen LogP contribution is 2.22. The second kappa shape index (κ2) is 5.12. The Hall–Kier alpha value is -1.35. The van der Waals surface area contributed by atoms with Crippen LogP contribution in [-0.4, -0.2) is 4.98 Å². The highest BCUT2D eigenvalue weighted by atomic mass is 32.2. The lowest BCUT2D eigenvalue weighted by molar-refractivity contribution is 0.572. The van der Waals surface area contributed by atoms with Gasteiger partial charge in [-0.05, 0) is 30.2 Å². The van der Waals surface area contributed by atoms with Crippen LogP contribution in [0, 0.1) is 12.9 Å². The van der Waals surface area contributed by atoms with Gasteiger partial charge in [-0.25, -0.2) is 4.98 Å². The normalized spacial score (nSPS) is 10.4. The molecule has 1 aromatic carbocycles. The summed E-state index contributed by atoms with van der Waals surface area (Å²) in [6, 6.07) is 13.1. The first-order valence-corrected chi connectivity index (χ1v) is 6.04. The van der Waals surface area contributed by atoms with Gasteiger partial charge in [0.2, 0.25) is 5.95 Å². The van der Waals surface area contributed by atoms with Crippen molar-refractivity contribution in [2.45, 2.75) is 17.7 Å². The van der Waals surface area contributed by atoms with Crippen molar-refractivity contribution in [2.24, 2.45) is 0 Å². The molecule has 0 unspecified atom stereocenters. The molecule has 1 aromatic heterocycles. The molecule has 1 nitrogen and oxygen atoms in total. The largest absolute Gasteiger partial charge is 0.213 e. The third-order valence-corrected chi connectivity index (χ3v) is 3.30. The van der Waals surface area contributed by atoms with Gasteiger partial charge in [0.05, 0.1) is 5.03 Å². The Kier molecular flexibility index (Phi) is 3.57. The van der Waals surface area contributed by atoms with Crippen LogP contribution in [0.4, 0.5) is 4.39 Å². The number of rotatable bonds is 3. The fraction of sp³-hybridized carbons (Fsp3) is 0.154. The van der Waals surface area contributed by atoms with Crippen molar-refractivity contribution < 1.29 is 4.39 Å². The summed E-state index contributed by atoms with van der Waals surface area (Å²) in [5, 5.41) is 0.725. The van der Waals surface area contributed by atoms with Crippen molar-refractivity contribution in [3.05, 3.63) is 59.5 Å². The molecule has 0 fully saturated rings. The predicted molar refractivity (Wildman–Crippen MR) is 64.9 cm³/mol. The Morgan fingerprint density at radius 3 is 2.69 bits per heavy atom. The van der Waals surface area contributed by atoms with Gasteiger partial charge in [-0.15, -0.1) is 11.8 Å². The molecule has 0 aliphatic rings. The molecule has 1 heterocycles. The minimum Gasteiger partial charge on any atom is -0.213 e. The molecule has 2 aromatic rings. The maximum Gasteiger partial charge on any atom is 0.213 e. The average molecular weight is 233 g/mol. The zero-order valence-corrected chi connectivity index (χ0v) is 9.80. The molecule has 0 bridgehead atoms. The number of pyridine rings is 1. The van der Waals surface area contributed by atoms with Crippen LogP contribution in [0.5, 0.6) is 0 Å². The SMILES string of the molecule is Cc1ccccc1CSc1cccc(F)n1. The van der Waals surface area contributed by atoms with Gasteiger partial charge in [-0.1, -0.05) is 30.3 Å². The van der Waals surface area contributed by atoms with E-state index in [1.807, 2.05) is 18.2 Å². The monoisotopic (exact) mass is 233 g/mol. The first-order valence-electron chi connectivity index (χ1n) is 5.05. The number of halogens is 1. The van der Waals surface area contributed by atoms with Crippen LogP contribution in [0.1, 0.15) is 11.1 Å². The molecule has 0 amide bonds. The third kappa shape index (κ3) is 2.83. The summed E-state index contributed by atoms with van der Waals surface area (Å²) in [6.07, 6.45) is 0. The van der Waals surface area contributed by atoms with Crippen molar-refractivity contribution in [3.63, 3.8) is 0 Å². The lowest BCUT2D eigenvalue weighted by atomic mass is 10.1. The van der Waals surface area contributed by atoms with E-state index in [1.165, 1.54) is 17.2 Å². The topological polar surface area (TPSA) is 12.9 Å². The van der Waals surface area contributed by atoms with Gasteiger partial charge in [-0.3, -0.25) is 0 Å². The molecule has 3 heteroatoms. The fourth-order valence-electron chi connectivity index (χ4n) is 1.39. The molecule has 0 spiro atoms. The number of nitrogens with zero attached hydrogens (tertiary/aromatic N) is 1. The number of hydrogen-bond acceptors (Lipinski definition) is 2. The van der Waals surface area contributed by atoms with Gasteiger partial charge >= 0.3 is 0 Å². The van der Waals surface area contributed by atoms with Crippen LogP contribution in [0.25, 0.3) is 0 Å². The van der Waals surface area contributed by atoms with Crippen LogP contribution in [0.2, 0.25) is 0 Å². The van der Waals surface area contributed by atoms with Crippen molar-refractivity contribution in [3.8, 4) is 0 Å². The van der Waals surface area contributed by atoms with Gasteiger partial charge in [0.1, 0.15) is 0 Å². The molecule has 82 valence electrons. The van der Waals surface area contributed by atoms with Crippen molar-refractivity contribution >= 4 is 11.8 Å². The number of aromatic nitrogens is 1. The van der Waals surface area contributed by atoms with E-state index in [0.29, 0.717) is 0 Å². The summed E-state index contributed by atoms with van der Waals surface area (Å²) in [7, 11) is 0. The van der Waals surface area contributed by atoms with E-state index in [0.717, 1.165) is 10.8 Å². The zero-order chi connectivity index (χ0) is 11.4. The highest BCUT2D eigenvalue weighted by Gasteiger charge is 2.01. The van der Waals surface area contributed by atoms with Gasteiger partial charge < -0.3 is 0 Å². The second-order valence-electron chi connectivity index (χ2n) is 3.51. The van der Waals surface area contributed by atoms with Crippen molar-refractivity contribution in [1.82, 2.24) is 4.98 Å². The predicted octanol–water partition coefficient (Wildman–Crippen LogP) is 3.82. The standard InChI is InChI=1S/C13H12FNS/c1-10-5-2-3-6-11(10)9-16-13-8-4-7-12(14)15-13/h2-8H,9H2,1H3. The quantitative estimate of drug-likeness (QED) is 0.590. The van der Waals surface area contributed by atoms with E-state index < -0.39 is 5.95 Å². The summed E-state index contributed by atoms with van der Waals surface area (Å²) in [5.41, 5.74) is 2.52. The fourth-order valence-corrected chi connectivity index (χ4v) is 2.35. The maximum absolute atomic E-state index is 12.8. The summed E-state index contributed by atoms with van der Waals surface area (Å²) in [5.74, 6) is 0.401. The lowest BCUT2D eigenvalue weighted by Crippen LogP contribution is -1.88. The molecule has 16 heavy (non-hydrogen) atoms. The number of benzene rings is 1. The molecule has 0 N–H and O–H groups in total. The Balaban J connectivity index is 2.05. The Labute approximate surface area is 98.7 Å². The van der Waals surface area contributed by atoms with E-state index in [-0.39, 0.29) is 0 Å². The summed E-state index contributed by atoms with van der Waals surface area (Å²) in [6.45, 7) is 2.08. The Morgan fingerprint density at radius 1 is 1.12 bits per heavy atom. The number of hydrogen-bond donors (Lipinski definition) is 0. The number of thioether (sulfide) groups is 1. The van der Waals surface area contributed by atoms with Crippen LogP contribution in [-0.2, 0) is 5.75 Å². The smallest absolute Gasteiger partial charge is 0.213 e. The first kappa shape index (κ1) is 11.1. The average Bonchev–Trinajstić information content (AvgIpc) is 2.28. The minimum atomic E-state index is -0.421. The molecule has 0 aliphatic heterocycles. The molecular weight excluding hydrogens is 221 g/mol. The molecule has 0 saturated carbocycles. The van der Waals surface area contributed by atoms with E-state index >= 15 is 0 Å².